The minimum atomic E-state index is 0.863. The van der Waals surface area contributed by atoms with E-state index in [1.165, 1.54) is 56.3 Å². The van der Waals surface area contributed by atoms with E-state index < -0.39 is 0 Å². The molecule has 2 heterocycles. The van der Waals surface area contributed by atoms with Crippen LogP contribution in [0.1, 0.15) is 41.5 Å². The Morgan fingerprint density at radius 3 is 2.37 bits per heavy atom. The molecule has 4 nitrogen and oxygen atoms in total. The minimum absolute atomic E-state index is 0.863. The van der Waals surface area contributed by atoms with Crippen molar-refractivity contribution in [1.29, 1.82) is 0 Å². The van der Waals surface area contributed by atoms with Crippen molar-refractivity contribution < 1.29 is 0 Å². The van der Waals surface area contributed by atoms with E-state index in [4.69, 9.17) is 0 Å². The second kappa shape index (κ2) is 7.28. The Morgan fingerprint density at radius 2 is 1.67 bits per heavy atom. The van der Waals surface area contributed by atoms with Gasteiger partial charge in [-0.3, -0.25) is 4.90 Å². The predicted molar refractivity (Wildman–Crippen MR) is 107 cm³/mol. The van der Waals surface area contributed by atoms with E-state index in [0.29, 0.717) is 0 Å². The van der Waals surface area contributed by atoms with Crippen LogP contribution >= 0.6 is 0 Å². The van der Waals surface area contributed by atoms with Crippen LogP contribution in [0.2, 0.25) is 0 Å². The maximum absolute atomic E-state index is 4.19. The van der Waals surface area contributed by atoms with Crippen LogP contribution in [0.5, 0.6) is 0 Å². The van der Waals surface area contributed by atoms with Crippen molar-refractivity contribution in [3.05, 3.63) is 77.4 Å². The van der Waals surface area contributed by atoms with Crippen molar-refractivity contribution >= 4 is 0 Å². The third-order valence-corrected chi connectivity index (χ3v) is 6.23. The molecule has 1 aliphatic heterocycles. The molecule has 0 unspecified atom stereocenters. The van der Waals surface area contributed by atoms with Gasteiger partial charge in [-0.25, -0.2) is 9.67 Å². The summed E-state index contributed by atoms with van der Waals surface area (Å²) in [5, 5.41) is 4.19. The van der Waals surface area contributed by atoms with E-state index in [2.05, 4.69) is 57.4 Å². The van der Waals surface area contributed by atoms with Crippen molar-refractivity contribution in [2.45, 2.75) is 44.6 Å². The van der Waals surface area contributed by atoms with E-state index in [9.17, 15) is 0 Å². The molecule has 27 heavy (non-hydrogen) atoms. The molecule has 1 fully saturated rings. The van der Waals surface area contributed by atoms with Gasteiger partial charge in [0.15, 0.2) is 0 Å². The molecule has 0 bridgehead atoms. The predicted octanol–water partition coefficient (Wildman–Crippen LogP) is 3.81. The monoisotopic (exact) mass is 358 g/mol. The Kier molecular flexibility index (Phi) is 4.50. The minimum Gasteiger partial charge on any atom is -0.300 e. The number of benzene rings is 2. The molecule has 138 valence electrons. The van der Waals surface area contributed by atoms with Gasteiger partial charge in [0.05, 0.1) is 5.69 Å². The van der Waals surface area contributed by atoms with Gasteiger partial charge in [-0.15, -0.1) is 0 Å². The highest BCUT2D eigenvalue weighted by molar-refractivity contribution is 5.39. The second-order valence-corrected chi connectivity index (χ2v) is 7.91. The van der Waals surface area contributed by atoms with Crippen LogP contribution in [0.15, 0.2) is 55.1 Å². The number of hydrogen-bond donors (Lipinski definition) is 0. The molecule has 1 aliphatic carbocycles. The van der Waals surface area contributed by atoms with Crippen molar-refractivity contribution in [2.24, 2.45) is 0 Å². The van der Waals surface area contributed by atoms with Gasteiger partial charge < -0.3 is 0 Å². The quantitative estimate of drug-likeness (QED) is 0.711. The topological polar surface area (TPSA) is 34.0 Å². The zero-order chi connectivity index (χ0) is 18.1. The Balaban J connectivity index is 1.28. The number of hydrogen-bond acceptors (Lipinski definition) is 3. The van der Waals surface area contributed by atoms with Gasteiger partial charge in [-0.05, 0) is 66.5 Å². The molecule has 4 heteroatoms. The molecular weight excluding hydrogens is 332 g/mol. The molecule has 0 radical (unpaired) electrons. The summed E-state index contributed by atoms with van der Waals surface area (Å²) in [6.45, 7) is 2.47. The van der Waals surface area contributed by atoms with Crippen LogP contribution in [0.3, 0.4) is 0 Å². The lowest BCUT2D eigenvalue weighted by Gasteiger charge is -2.36. The third kappa shape index (κ3) is 3.54. The van der Waals surface area contributed by atoms with Crippen molar-refractivity contribution in [3.8, 4) is 5.69 Å². The Morgan fingerprint density at radius 1 is 0.889 bits per heavy atom. The van der Waals surface area contributed by atoms with Gasteiger partial charge in [-0.2, -0.15) is 5.10 Å². The van der Waals surface area contributed by atoms with Gasteiger partial charge in [-0.1, -0.05) is 36.8 Å². The molecule has 1 aromatic heterocycles. The largest absolute Gasteiger partial charge is 0.300 e. The van der Waals surface area contributed by atoms with Crippen molar-refractivity contribution in [3.63, 3.8) is 0 Å². The van der Waals surface area contributed by atoms with E-state index >= 15 is 0 Å². The first-order chi connectivity index (χ1) is 13.3. The molecule has 0 N–H and O–H groups in total. The first-order valence-corrected chi connectivity index (χ1v) is 10.1. The van der Waals surface area contributed by atoms with Crippen LogP contribution < -0.4 is 0 Å². The normalized spacial score (nSPS) is 17.9. The fraction of sp³-hybridized carbons (Fsp3) is 0.391. The zero-order valence-corrected chi connectivity index (χ0v) is 15.7. The number of nitrogens with zero attached hydrogens (tertiary/aromatic N) is 4. The molecular formula is C23H26N4. The fourth-order valence-corrected chi connectivity index (χ4v) is 4.37. The lowest BCUT2D eigenvalue weighted by molar-refractivity contribution is 0.133. The lowest BCUT2D eigenvalue weighted by atomic mass is 9.91. The molecule has 0 saturated heterocycles. The highest BCUT2D eigenvalue weighted by atomic mass is 15.3. The molecule has 0 amide bonds. The SMILES string of the molecule is c1ncn(-c2ccc(Cc3ccc4c(c3)CCN(C3CCC3)CC4)cc2)n1. The highest BCUT2D eigenvalue weighted by Gasteiger charge is 2.26. The van der Waals surface area contributed by atoms with Crippen molar-refractivity contribution in [1.82, 2.24) is 19.7 Å². The van der Waals surface area contributed by atoms with Gasteiger partial charge >= 0.3 is 0 Å². The van der Waals surface area contributed by atoms with Crippen LogP contribution in [0, 0.1) is 0 Å². The first kappa shape index (κ1) is 16.7. The summed E-state index contributed by atoms with van der Waals surface area (Å²) in [5.41, 5.74) is 6.92. The molecule has 5 rings (SSSR count). The second-order valence-electron chi connectivity index (χ2n) is 7.91. The Hall–Kier alpha value is -2.46. The van der Waals surface area contributed by atoms with Crippen LogP contribution in [-0.2, 0) is 19.3 Å². The number of aromatic nitrogens is 3. The number of fused-ring (bicyclic) bond motifs is 1. The van der Waals surface area contributed by atoms with E-state index in [0.717, 1.165) is 18.2 Å². The number of rotatable bonds is 4. The summed E-state index contributed by atoms with van der Waals surface area (Å²) in [7, 11) is 0. The first-order valence-electron chi connectivity index (χ1n) is 10.1. The average molecular weight is 358 g/mol. The Labute approximate surface area is 160 Å². The van der Waals surface area contributed by atoms with Gasteiger partial charge in [0.2, 0.25) is 0 Å². The molecule has 1 saturated carbocycles. The van der Waals surface area contributed by atoms with Gasteiger partial charge in [0.25, 0.3) is 0 Å². The summed E-state index contributed by atoms with van der Waals surface area (Å²) in [4.78, 5) is 6.74. The molecule has 3 aromatic rings. The fourth-order valence-electron chi connectivity index (χ4n) is 4.37. The standard InChI is InChI=1S/C23H26N4/c1-2-22(3-1)26-12-10-20-7-4-19(15-21(20)11-13-26)14-18-5-8-23(9-6-18)27-17-24-16-25-27/h4-9,15-17,22H,1-3,10-14H2. The smallest absolute Gasteiger partial charge is 0.138 e. The average Bonchev–Trinajstić information content (AvgIpc) is 3.11. The third-order valence-electron chi connectivity index (χ3n) is 6.23. The summed E-state index contributed by atoms with van der Waals surface area (Å²) < 4.78 is 1.79. The molecule has 2 aromatic carbocycles. The zero-order valence-electron chi connectivity index (χ0n) is 15.7. The van der Waals surface area contributed by atoms with E-state index in [-0.39, 0.29) is 0 Å². The van der Waals surface area contributed by atoms with Crippen LogP contribution in [0.4, 0.5) is 0 Å². The maximum atomic E-state index is 4.19. The van der Waals surface area contributed by atoms with E-state index in [1.807, 2.05) is 0 Å². The molecule has 0 atom stereocenters. The molecule has 0 spiro atoms. The van der Waals surface area contributed by atoms with Crippen LogP contribution in [0.25, 0.3) is 5.69 Å². The summed E-state index contributed by atoms with van der Waals surface area (Å²) >= 11 is 0. The van der Waals surface area contributed by atoms with Crippen molar-refractivity contribution in [2.75, 3.05) is 13.1 Å². The summed E-state index contributed by atoms with van der Waals surface area (Å²) in [5.74, 6) is 0. The van der Waals surface area contributed by atoms with Crippen LogP contribution in [-0.4, -0.2) is 38.8 Å². The van der Waals surface area contributed by atoms with Gasteiger partial charge in [0, 0.05) is 19.1 Å². The van der Waals surface area contributed by atoms with Gasteiger partial charge in [0.1, 0.15) is 12.7 Å². The summed E-state index contributed by atoms with van der Waals surface area (Å²) in [6, 6.07) is 16.6. The highest BCUT2D eigenvalue weighted by Crippen LogP contribution is 2.28. The molecule has 2 aliphatic rings. The van der Waals surface area contributed by atoms with E-state index in [1.54, 1.807) is 28.5 Å². The maximum Gasteiger partial charge on any atom is 0.138 e. The Bertz CT molecular complexity index is 895. The summed E-state index contributed by atoms with van der Waals surface area (Å²) in [6.07, 6.45) is 10.9. The lowest BCUT2D eigenvalue weighted by Crippen LogP contribution is -2.41.